The first-order valence-electron chi connectivity index (χ1n) is 6.00. The summed E-state index contributed by atoms with van der Waals surface area (Å²) in [4.78, 5) is 21.6. The maximum Gasteiger partial charge on any atom is 0.282 e. The van der Waals surface area contributed by atoms with E-state index in [0.717, 1.165) is 0 Å². The highest BCUT2D eigenvalue weighted by Gasteiger charge is 2.21. The molecule has 0 aliphatic carbocycles. The van der Waals surface area contributed by atoms with Crippen LogP contribution in [0.4, 0.5) is 5.69 Å². The molecule has 10 heteroatoms. The number of nitrogens with zero attached hydrogens (tertiary/aromatic N) is 3. The summed E-state index contributed by atoms with van der Waals surface area (Å²) in [6, 6.07) is 2.73. The molecule has 0 aromatic heterocycles. The van der Waals surface area contributed by atoms with Gasteiger partial charge in [0.25, 0.3) is 5.69 Å². The van der Waals surface area contributed by atoms with Crippen molar-refractivity contribution in [3.8, 4) is 11.5 Å². The van der Waals surface area contributed by atoms with Gasteiger partial charge in [-0.15, -0.1) is 5.10 Å². The minimum Gasteiger partial charge on any atom is -0.493 e. The molecule has 1 aliphatic heterocycles. The topological polar surface area (TPSA) is 115 Å². The van der Waals surface area contributed by atoms with Crippen molar-refractivity contribution in [2.24, 2.45) is 10.2 Å². The number of carbonyl (C=O) groups is 1. The van der Waals surface area contributed by atoms with Crippen LogP contribution in [0.1, 0.15) is 5.56 Å². The Morgan fingerprint density at radius 1 is 1.41 bits per heavy atom. The third-order valence-electron chi connectivity index (χ3n) is 2.68. The van der Waals surface area contributed by atoms with E-state index in [-0.39, 0.29) is 28.7 Å². The van der Waals surface area contributed by atoms with Crippen molar-refractivity contribution >= 4 is 34.7 Å². The number of thioether (sulfide) groups is 1. The van der Waals surface area contributed by atoms with Crippen molar-refractivity contribution in [3.05, 3.63) is 27.8 Å². The average molecular weight is 324 g/mol. The summed E-state index contributed by atoms with van der Waals surface area (Å²) in [5, 5.41) is 21.5. The van der Waals surface area contributed by atoms with Crippen LogP contribution in [0.5, 0.6) is 11.5 Å². The number of benzene rings is 1. The largest absolute Gasteiger partial charge is 0.493 e. The number of rotatable bonds is 5. The van der Waals surface area contributed by atoms with Gasteiger partial charge in [0, 0.05) is 6.07 Å². The Morgan fingerprint density at radius 3 is 2.73 bits per heavy atom. The summed E-state index contributed by atoms with van der Waals surface area (Å²) in [5.74, 6) is 0.634. The number of ether oxygens (including phenoxy) is 2. The van der Waals surface area contributed by atoms with Crippen LogP contribution in [0, 0.1) is 10.1 Å². The van der Waals surface area contributed by atoms with Gasteiger partial charge in [-0.3, -0.25) is 14.9 Å². The fraction of sp³-hybridized carbons (Fsp3) is 0.250. The molecule has 0 radical (unpaired) electrons. The van der Waals surface area contributed by atoms with Crippen LogP contribution in [0.2, 0.25) is 0 Å². The third kappa shape index (κ3) is 3.34. The first kappa shape index (κ1) is 15.8. The van der Waals surface area contributed by atoms with E-state index in [1.54, 1.807) is 0 Å². The van der Waals surface area contributed by atoms with Gasteiger partial charge in [0.15, 0.2) is 16.7 Å². The maximum atomic E-state index is 11.1. The summed E-state index contributed by atoms with van der Waals surface area (Å²) in [7, 11) is 2.80. The van der Waals surface area contributed by atoms with Crippen molar-refractivity contribution in [1.29, 1.82) is 0 Å². The van der Waals surface area contributed by atoms with E-state index < -0.39 is 4.92 Å². The fourth-order valence-electron chi connectivity index (χ4n) is 1.74. The highest BCUT2D eigenvalue weighted by atomic mass is 32.2. The molecule has 0 unspecified atom stereocenters. The van der Waals surface area contributed by atoms with E-state index >= 15 is 0 Å². The molecule has 1 fully saturated rings. The van der Waals surface area contributed by atoms with Crippen LogP contribution in [0.25, 0.3) is 0 Å². The van der Waals surface area contributed by atoms with E-state index in [0.29, 0.717) is 10.9 Å². The highest BCUT2D eigenvalue weighted by Crippen LogP contribution is 2.35. The lowest BCUT2D eigenvalue weighted by Crippen LogP contribution is -2.19. The number of carbonyl (C=O) groups excluding carboxylic acids is 1. The molecule has 1 aliphatic rings. The predicted molar refractivity (Wildman–Crippen MR) is 81.8 cm³/mol. The lowest BCUT2D eigenvalue weighted by Gasteiger charge is -2.09. The fourth-order valence-corrected chi connectivity index (χ4v) is 2.37. The number of nitrogens with one attached hydrogen (secondary N) is 1. The van der Waals surface area contributed by atoms with E-state index in [1.807, 2.05) is 0 Å². The molecule has 0 saturated carbocycles. The number of hydrogen-bond donors (Lipinski definition) is 1. The molecule has 0 bridgehead atoms. The Kier molecular flexibility index (Phi) is 4.94. The third-order valence-corrected chi connectivity index (χ3v) is 3.54. The zero-order valence-corrected chi connectivity index (χ0v) is 12.5. The zero-order valence-electron chi connectivity index (χ0n) is 11.7. The Hall–Kier alpha value is -2.62. The van der Waals surface area contributed by atoms with Crippen molar-refractivity contribution in [2.45, 2.75) is 0 Å². The van der Waals surface area contributed by atoms with Crippen molar-refractivity contribution in [3.63, 3.8) is 0 Å². The van der Waals surface area contributed by atoms with Gasteiger partial charge in [0.1, 0.15) is 5.56 Å². The number of nitro benzene ring substituents is 1. The van der Waals surface area contributed by atoms with E-state index in [4.69, 9.17) is 9.47 Å². The second kappa shape index (κ2) is 6.89. The van der Waals surface area contributed by atoms with Crippen molar-refractivity contribution < 1.29 is 19.2 Å². The zero-order chi connectivity index (χ0) is 16.1. The molecule has 1 amide bonds. The molecule has 2 rings (SSSR count). The summed E-state index contributed by atoms with van der Waals surface area (Å²) >= 11 is 1.20. The van der Waals surface area contributed by atoms with Gasteiger partial charge in [-0.05, 0) is 6.07 Å². The Bertz CT molecular complexity index is 674. The molecular formula is C12H12N4O5S. The quantitative estimate of drug-likeness (QED) is 0.494. The molecular weight excluding hydrogens is 312 g/mol. The molecule has 1 aromatic rings. The van der Waals surface area contributed by atoms with Gasteiger partial charge in [0.2, 0.25) is 5.91 Å². The van der Waals surface area contributed by atoms with Gasteiger partial charge < -0.3 is 14.8 Å². The van der Waals surface area contributed by atoms with Crippen molar-refractivity contribution in [2.75, 3.05) is 20.0 Å². The Morgan fingerprint density at radius 2 is 2.18 bits per heavy atom. The smallest absolute Gasteiger partial charge is 0.282 e. The Balaban J connectivity index is 2.39. The van der Waals surface area contributed by atoms with Gasteiger partial charge in [0.05, 0.1) is 31.1 Å². The Labute approximate surface area is 129 Å². The lowest BCUT2D eigenvalue weighted by molar-refractivity contribution is -0.385. The summed E-state index contributed by atoms with van der Waals surface area (Å²) < 4.78 is 10.3. The van der Waals surface area contributed by atoms with E-state index in [2.05, 4.69) is 15.5 Å². The van der Waals surface area contributed by atoms with Crippen LogP contribution >= 0.6 is 11.8 Å². The van der Waals surface area contributed by atoms with Gasteiger partial charge in [-0.25, -0.2) is 0 Å². The molecule has 116 valence electrons. The standard InChI is InChI=1S/C12H12N4O5S/c1-20-9-4-3-8(16(18)19)7(11(9)21-2)5-13-15-12-14-10(17)6-22-12/h3-5H,6H2,1-2H3,(H,14,15,17). The van der Waals surface area contributed by atoms with Crippen LogP contribution in [-0.2, 0) is 4.79 Å². The van der Waals surface area contributed by atoms with E-state index in [9.17, 15) is 14.9 Å². The second-order valence-corrected chi connectivity index (χ2v) is 4.94. The normalized spacial score (nSPS) is 16.1. The van der Waals surface area contributed by atoms with Gasteiger partial charge >= 0.3 is 0 Å². The molecule has 1 heterocycles. The number of amides is 1. The van der Waals surface area contributed by atoms with E-state index in [1.165, 1.54) is 44.3 Å². The molecule has 1 N–H and O–H groups in total. The van der Waals surface area contributed by atoms with Gasteiger partial charge in [-0.1, -0.05) is 11.8 Å². The summed E-state index contributed by atoms with van der Waals surface area (Å²) in [5.41, 5.74) is -0.0600. The van der Waals surface area contributed by atoms with Crippen LogP contribution in [-0.4, -0.2) is 42.2 Å². The SMILES string of the molecule is COc1ccc([N+](=O)[O-])c(C=NN=C2NC(=O)CS2)c1OC. The van der Waals surface area contributed by atoms with Gasteiger partial charge in [-0.2, -0.15) is 5.10 Å². The monoisotopic (exact) mass is 324 g/mol. The van der Waals surface area contributed by atoms with Crippen LogP contribution in [0.15, 0.2) is 22.3 Å². The highest BCUT2D eigenvalue weighted by molar-refractivity contribution is 8.15. The molecule has 0 atom stereocenters. The average Bonchev–Trinajstić information content (AvgIpc) is 2.91. The first-order chi connectivity index (χ1) is 10.6. The second-order valence-electron chi connectivity index (χ2n) is 3.98. The molecule has 22 heavy (non-hydrogen) atoms. The summed E-state index contributed by atoms with van der Waals surface area (Å²) in [6.07, 6.45) is 1.19. The van der Waals surface area contributed by atoms with Crippen LogP contribution < -0.4 is 14.8 Å². The number of nitro groups is 1. The maximum absolute atomic E-state index is 11.1. The molecule has 1 aromatic carbocycles. The molecule has 9 nitrogen and oxygen atoms in total. The first-order valence-corrected chi connectivity index (χ1v) is 6.98. The van der Waals surface area contributed by atoms with Crippen molar-refractivity contribution in [1.82, 2.24) is 5.32 Å². The lowest BCUT2D eigenvalue weighted by atomic mass is 10.1. The molecule has 0 spiro atoms. The minimum atomic E-state index is -0.553. The van der Waals surface area contributed by atoms with Crippen LogP contribution in [0.3, 0.4) is 0 Å². The minimum absolute atomic E-state index is 0.130. The summed E-state index contributed by atoms with van der Waals surface area (Å²) in [6.45, 7) is 0. The molecule has 1 saturated heterocycles. The predicted octanol–water partition coefficient (Wildman–Crippen LogP) is 1.16. The number of methoxy groups -OCH3 is 2. The number of amidine groups is 1. The number of hydrogen-bond acceptors (Lipinski definition) is 8.